The molecule has 1 fully saturated rings. The molecule has 1 heterocycles. The number of aliphatic carboxylic acids is 4. The van der Waals surface area contributed by atoms with Crippen molar-refractivity contribution in [2.24, 2.45) is 0 Å². The van der Waals surface area contributed by atoms with E-state index in [9.17, 15) is 103 Å². The smallest absolute Gasteiger partial charge is 0.342 e. The fourth-order valence-corrected chi connectivity index (χ4v) is 8.32. The number of nitrogens with one attached hydrogen (secondary N) is 1. The van der Waals surface area contributed by atoms with E-state index in [2.05, 4.69) is 5.32 Å². The van der Waals surface area contributed by atoms with E-state index in [4.69, 9.17) is 19.7 Å². The molecule has 354 valence electrons. The summed E-state index contributed by atoms with van der Waals surface area (Å²) in [5, 5.41) is 109. The third kappa shape index (κ3) is 18.9. The van der Waals surface area contributed by atoms with Crippen LogP contribution in [-0.2, 0) is 47.4 Å². The molecule has 1 saturated heterocycles. The Morgan fingerprint density at radius 3 is 1.54 bits per heavy atom. The summed E-state index contributed by atoms with van der Waals surface area (Å²) in [6.45, 7) is -10.3. The van der Waals surface area contributed by atoms with E-state index in [1.807, 2.05) is 0 Å². The number of ether oxygens (including phenoxy) is 2. The zero-order valence-corrected chi connectivity index (χ0v) is 33.8. The molecular weight excluding hydrogens is 880 g/mol. The van der Waals surface area contributed by atoms with E-state index >= 15 is 0 Å². The second-order valence-electron chi connectivity index (χ2n) is 13.6. The largest absolute Gasteiger partial charge is 0.480 e. The van der Waals surface area contributed by atoms with Gasteiger partial charge in [-0.15, -0.1) is 0 Å². The summed E-state index contributed by atoms with van der Waals surface area (Å²) in [7, 11) is -11.4. The molecule has 9 atom stereocenters. The van der Waals surface area contributed by atoms with E-state index in [1.54, 1.807) is 0 Å². The molecule has 0 aromatic rings. The molecule has 0 aliphatic carbocycles. The van der Waals surface area contributed by atoms with Crippen LogP contribution < -0.4 is 5.32 Å². The number of rotatable bonds is 31. The molecule has 1 aliphatic heterocycles. The van der Waals surface area contributed by atoms with Gasteiger partial charge in [-0.3, -0.25) is 52.6 Å². The van der Waals surface area contributed by atoms with Gasteiger partial charge in [-0.25, -0.2) is 0 Å². The Morgan fingerprint density at radius 2 is 1.15 bits per heavy atom. The highest BCUT2D eigenvalue weighted by atomic mass is 31.2. The number of carbonyl (C=O) groups excluding carboxylic acids is 2. The lowest BCUT2D eigenvalue weighted by atomic mass is 9.96. The van der Waals surface area contributed by atoms with Crippen molar-refractivity contribution in [3.05, 3.63) is 0 Å². The normalized spacial score (nSPS) is 21.9. The number of aliphatic hydroxyl groups is 7. The lowest BCUT2D eigenvalue weighted by molar-refractivity contribution is -0.301. The third-order valence-corrected chi connectivity index (χ3v) is 12.6. The molecule has 30 nitrogen and oxygen atoms in total. The Bertz CT molecular complexity index is 1520. The van der Waals surface area contributed by atoms with Crippen molar-refractivity contribution in [1.82, 2.24) is 24.9 Å². The maximum Gasteiger partial charge on any atom is 0.342 e. The number of carboxylic acid groups (broad SMARTS) is 4. The Morgan fingerprint density at radius 1 is 0.705 bits per heavy atom. The predicted octanol–water partition coefficient (Wildman–Crippen LogP) is -9.25. The molecular formula is C29H53N5O25P2. The highest BCUT2D eigenvalue weighted by Crippen LogP contribution is 2.60. The monoisotopic (exact) mass is 933 g/mol. The number of nitrogens with zero attached hydrogens (tertiary/aromatic N) is 4. The standard InChI is InChI=1S/C29H53N5O25P2/c35-11-15(34(14-38)10-23(60(52,53)54)61(55,56)57)25(49)28(16(39)12-36)59-29-24(27(51)26(50)17(13-37)58-29)30-18(40)5-32(7-20(43)44)3-1-31(6-19(41)42)2-4-33(8-21(45)46)9-22(47)48/h14-17,23-29,35-37,39,49-51H,1-13H2,(H,30,40)(H,41,42)(H,43,44)(H,45,46)(H,47,48)(H2,52,53,54)(H2,55,56,57)/t15?,16?,17?,24?,25-,26+,27-,28+,29-/m0/s1. The quantitative estimate of drug-likeness (QED) is 0.0227. The maximum absolute atomic E-state index is 13.4. The van der Waals surface area contributed by atoms with Crippen LogP contribution in [0, 0.1) is 0 Å². The van der Waals surface area contributed by atoms with Crippen molar-refractivity contribution >= 4 is 51.4 Å². The van der Waals surface area contributed by atoms with Crippen molar-refractivity contribution < 1.29 is 123 Å². The molecule has 4 unspecified atom stereocenters. The van der Waals surface area contributed by atoms with E-state index in [0.717, 1.165) is 9.80 Å². The summed E-state index contributed by atoms with van der Waals surface area (Å²) in [5.41, 5.74) is 0. The van der Waals surface area contributed by atoms with Crippen LogP contribution in [0.4, 0.5) is 0 Å². The Balaban J connectivity index is 3.43. The minimum Gasteiger partial charge on any atom is -0.480 e. The minimum atomic E-state index is -5.70. The van der Waals surface area contributed by atoms with Crippen LogP contribution in [0.3, 0.4) is 0 Å². The molecule has 61 heavy (non-hydrogen) atoms. The van der Waals surface area contributed by atoms with Gasteiger partial charge in [0.1, 0.15) is 42.7 Å². The average Bonchev–Trinajstić information content (AvgIpc) is 3.13. The van der Waals surface area contributed by atoms with Gasteiger partial charge in [-0.2, -0.15) is 0 Å². The van der Waals surface area contributed by atoms with Crippen LogP contribution >= 0.6 is 15.2 Å². The van der Waals surface area contributed by atoms with E-state index in [-0.39, 0.29) is 37.5 Å². The number of carboxylic acids is 4. The topological polar surface area (TPSA) is 483 Å². The number of carbonyl (C=O) groups is 6. The summed E-state index contributed by atoms with van der Waals surface area (Å²) >= 11 is 0. The van der Waals surface area contributed by atoms with Crippen molar-refractivity contribution in [1.29, 1.82) is 0 Å². The van der Waals surface area contributed by atoms with E-state index in [1.165, 1.54) is 4.90 Å². The van der Waals surface area contributed by atoms with Crippen molar-refractivity contribution in [2.45, 2.75) is 60.4 Å². The first-order valence-corrected chi connectivity index (χ1v) is 21.1. The lowest BCUT2D eigenvalue weighted by Crippen LogP contribution is -2.67. The third-order valence-electron chi connectivity index (χ3n) is 8.96. The number of amides is 2. The first kappa shape index (κ1) is 55.7. The fourth-order valence-electron chi connectivity index (χ4n) is 5.95. The lowest BCUT2D eigenvalue weighted by Gasteiger charge is -2.45. The van der Waals surface area contributed by atoms with Gasteiger partial charge in [0.25, 0.3) is 0 Å². The van der Waals surface area contributed by atoms with Gasteiger partial charge in [0.05, 0.1) is 58.6 Å². The summed E-state index contributed by atoms with van der Waals surface area (Å²) in [5.74, 6) is -6.81. The van der Waals surface area contributed by atoms with Gasteiger partial charge >= 0.3 is 39.1 Å². The molecule has 0 aromatic carbocycles. The summed E-state index contributed by atoms with van der Waals surface area (Å²) < 4.78 is 34.7. The first-order valence-electron chi connectivity index (χ1n) is 17.7. The van der Waals surface area contributed by atoms with Gasteiger partial charge in [-0.1, -0.05) is 0 Å². The van der Waals surface area contributed by atoms with Crippen molar-refractivity contribution in [2.75, 3.05) is 85.3 Å². The Labute approximate surface area is 345 Å². The van der Waals surface area contributed by atoms with Crippen LogP contribution in [0.5, 0.6) is 0 Å². The Hall–Kier alpha value is -3.36. The van der Waals surface area contributed by atoms with Crippen LogP contribution in [0.2, 0.25) is 0 Å². The predicted molar refractivity (Wildman–Crippen MR) is 195 cm³/mol. The SMILES string of the molecule is O=CN(CC(P(=O)(O)O)P(=O)(O)O)C(CO)[C@H](O)[C@H](O[C@@H]1OC(CO)[C@@H](O)[C@@H](O)C1NC(=O)CN(CCN(CCN(CC(=O)O)CC(=O)O)CC(=O)O)CC(=O)O)C(O)CO. The zero-order chi connectivity index (χ0) is 47.0. The van der Waals surface area contributed by atoms with Gasteiger partial charge in [0.2, 0.25) is 12.3 Å². The van der Waals surface area contributed by atoms with Gasteiger partial charge in [0, 0.05) is 32.7 Å². The molecule has 32 heteroatoms. The second kappa shape index (κ2) is 25.7. The van der Waals surface area contributed by atoms with Crippen molar-refractivity contribution in [3.63, 3.8) is 0 Å². The van der Waals surface area contributed by atoms with E-state index in [0.29, 0.717) is 0 Å². The molecule has 0 radical (unpaired) electrons. The van der Waals surface area contributed by atoms with Crippen LogP contribution in [0.1, 0.15) is 0 Å². The summed E-state index contributed by atoms with van der Waals surface area (Å²) in [4.78, 5) is 112. The van der Waals surface area contributed by atoms with Crippen molar-refractivity contribution in [3.8, 4) is 0 Å². The highest BCUT2D eigenvalue weighted by molar-refractivity contribution is 7.70. The minimum absolute atomic E-state index is 0.140. The highest BCUT2D eigenvalue weighted by Gasteiger charge is 2.50. The number of hydrogen-bond donors (Lipinski definition) is 16. The van der Waals surface area contributed by atoms with Gasteiger partial charge in [0.15, 0.2) is 11.7 Å². The van der Waals surface area contributed by atoms with Crippen LogP contribution in [-0.4, -0.2) is 277 Å². The maximum atomic E-state index is 13.4. The molecule has 0 spiro atoms. The molecule has 0 aromatic heterocycles. The van der Waals surface area contributed by atoms with Gasteiger partial charge < -0.3 is 95.4 Å². The summed E-state index contributed by atoms with van der Waals surface area (Å²) in [6, 6.07) is -4.13. The fraction of sp³-hybridized carbons (Fsp3) is 0.793. The Kier molecular flexibility index (Phi) is 23.4. The molecule has 2 amide bonds. The van der Waals surface area contributed by atoms with Crippen LogP contribution in [0.15, 0.2) is 0 Å². The number of hydrogen-bond acceptors (Lipinski definition) is 20. The molecule has 16 N–H and O–H groups in total. The molecule has 1 rings (SSSR count). The first-order chi connectivity index (χ1) is 28.2. The molecule has 1 aliphatic rings. The molecule has 0 bridgehead atoms. The average molecular weight is 934 g/mol. The number of aliphatic hydroxyl groups excluding tert-OH is 7. The summed E-state index contributed by atoms with van der Waals surface area (Å²) in [6.07, 6.45) is -15.4. The molecule has 0 saturated carbocycles. The van der Waals surface area contributed by atoms with Gasteiger partial charge in [-0.05, 0) is 0 Å². The van der Waals surface area contributed by atoms with E-state index < -0.39 is 164 Å². The zero-order valence-electron chi connectivity index (χ0n) is 32.0. The van der Waals surface area contributed by atoms with Crippen LogP contribution in [0.25, 0.3) is 0 Å². The second-order valence-corrected chi connectivity index (χ2v) is 17.6.